The van der Waals surface area contributed by atoms with Gasteiger partial charge in [-0.1, -0.05) is 0 Å². The number of nitrogens with two attached hydrogens (primary N) is 2. The standard InChI is InChI=1S/C20H27F2N5O3/c1-10-17-12(19(28)27(24)20(29)26(17)11-3-4-11)7-14(21)18(10)25-8-13(15(22)9-25)16(23)5-6-30-2/h7,11,13,15-16H,3-6,8-9,23-24H2,1-2H3/t13-,15-,16+/m0/s1. The maximum atomic E-state index is 15.2. The van der Waals surface area contributed by atoms with Gasteiger partial charge in [-0.05, 0) is 32.3 Å². The fourth-order valence-electron chi connectivity index (χ4n) is 4.56. The number of rotatable bonds is 6. The van der Waals surface area contributed by atoms with E-state index in [1.807, 2.05) is 0 Å². The molecular formula is C20H27F2N5O3. The number of alkyl halides is 1. The van der Waals surface area contributed by atoms with Crippen LogP contribution in [0.25, 0.3) is 10.9 Å². The molecule has 8 nitrogen and oxygen atoms in total. The van der Waals surface area contributed by atoms with Crippen molar-refractivity contribution in [3.05, 3.63) is 38.3 Å². The van der Waals surface area contributed by atoms with Gasteiger partial charge in [0.25, 0.3) is 5.56 Å². The molecule has 0 radical (unpaired) electrons. The number of fused-ring (bicyclic) bond motifs is 1. The molecule has 0 bridgehead atoms. The highest BCUT2D eigenvalue weighted by molar-refractivity contribution is 5.87. The molecule has 1 saturated carbocycles. The van der Waals surface area contributed by atoms with Gasteiger partial charge < -0.3 is 21.2 Å². The van der Waals surface area contributed by atoms with Gasteiger partial charge in [0.1, 0.15) is 12.0 Å². The molecule has 0 unspecified atom stereocenters. The number of methoxy groups -OCH3 is 1. The largest absolute Gasteiger partial charge is 0.385 e. The van der Waals surface area contributed by atoms with Crippen molar-refractivity contribution in [3.8, 4) is 0 Å². The first-order valence-corrected chi connectivity index (χ1v) is 10.1. The van der Waals surface area contributed by atoms with E-state index in [2.05, 4.69) is 0 Å². The number of aromatic nitrogens is 2. The van der Waals surface area contributed by atoms with E-state index in [1.54, 1.807) is 18.9 Å². The number of benzene rings is 1. The normalized spacial score (nSPS) is 22.8. The highest BCUT2D eigenvalue weighted by Crippen LogP contribution is 2.39. The smallest absolute Gasteiger partial charge is 0.350 e. The second kappa shape index (κ2) is 7.66. The Labute approximate surface area is 172 Å². The van der Waals surface area contributed by atoms with Crippen molar-refractivity contribution in [2.45, 2.75) is 44.4 Å². The van der Waals surface area contributed by atoms with Crippen molar-refractivity contribution in [3.63, 3.8) is 0 Å². The van der Waals surface area contributed by atoms with Crippen LogP contribution < -0.4 is 27.7 Å². The summed E-state index contributed by atoms with van der Waals surface area (Å²) in [7, 11) is 1.56. The van der Waals surface area contributed by atoms with Crippen LogP contribution in [0.5, 0.6) is 0 Å². The highest BCUT2D eigenvalue weighted by Gasteiger charge is 2.39. The molecule has 164 valence electrons. The fraction of sp³-hybridized carbons (Fsp3) is 0.600. The van der Waals surface area contributed by atoms with Crippen LogP contribution in [0.15, 0.2) is 15.7 Å². The maximum absolute atomic E-state index is 15.2. The first-order valence-electron chi connectivity index (χ1n) is 10.1. The molecular weight excluding hydrogens is 396 g/mol. The van der Waals surface area contributed by atoms with E-state index in [0.717, 1.165) is 18.9 Å². The van der Waals surface area contributed by atoms with Crippen molar-refractivity contribution < 1.29 is 13.5 Å². The van der Waals surface area contributed by atoms with Crippen LogP contribution in [-0.4, -0.2) is 48.3 Å². The zero-order valence-electron chi connectivity index (χ0n) is 17.1. The third kappa shape index (κ3) is 3.27. The number of anilines is 1. The molecule has 30 heavy (non-hydrogen) atoms. The molecule has 2 fully saturated rings. The third-order valence-corrected chi connectivity index (χ3v) is 6.29. The highest BCUT2D eigenvalue weighted by atomic mass is 19.1. The Morgan fingerprint density at radius 2 is 2.00 bits per heavy atom. The number of nitrogens with zero attached hydrogens (tertiary/aromatic N) is 3. The van der Waals surface area contributed by atoms with Crippen molar-refractivity contribution >= 4 is 16.6 Å². The number of hydrogen-bond acceptors (Lipinski definition) is 6. The van der Waals surface area contributed by atoms with Crippen LogP contribution in [0, 0.1) is 18.7 Å². The maximum Gasteiger partial charge on any atom is 0.350 e. The van der Waals surface area contributed by atoms with E-state index in [0.29, 0.717) is 28.8 Å². The van der Waals surface area contributed by atoms with E-state index in [-0.39, 0.29) is 30.2 Å². The van der Waals surface area contributed by atoms with Crippen LogP contribution in [-0.2, 0) is 4.74 Å². The van der Waals surface area contributed by atoms with Gasteiger partial charge >= 0.3 is 5.69 Å². The minimum atomic E-state index is -1.21. The first kappa shape index (κ1) is 20.8. The molecule has 1 aromatic heterocycles. The molecule has 1 saturated heterocycles. The van der Waals surface area contributed by atoms with Crippen LogP contribution in [0.3, 0.4) is 0 Å². The predicted octanol–water partition coefficient (Wildman–Crippen LogP) is 0.798. The van der Waals surface area contributed by atoms with E-state index in [1.165, 1.54) is 4.57 Å². The summed E-state index contributed by atoms with van der Waals surface area (Å²) in [5.74, 6) is 4.55. The second-order valence-electron chi connectivity index (χ2n) is 8.32. The van der Waals surface area contributed by atoms with Gasteiger partial charge in [0.15, 0.2) is 0 Å². The Hall–Kier alpha value is -2.46. The van der Waals surface area contributed by atoms with Crippen LogP contribution >= 0.6 is 0 Å². The van der Waals surface area contributed by atoms with Crippen molar-refractivity contribution in [2.24, 2.45) is 11.7 Å². The Morgan fingerprint density at radius 1 is 1.30 bits per heavy atom. The third-order valence-electron chi connectivity index (χ3n) is 6.29. The summed E-state index contributed by atoms with van der Waals surface area (Å²) >= 11 is 0. The molecule has 0 spiro atoms. The van der Waals surface area contributed by atoms with E-state index >= 15 is 4.39 Å². The number of hydrogen-bond donors (Lipinski definition) is 2. The predicted molar refractivity (Wildman–Crippen MR) is 111 cm³/mol. The molecule has 1 aliphatic carbocycles. The molecule has 10 heteroatoms. The van der Waals surface area contributed by atoms with Gasteiger partial charge in [-0.15, -0.1) is 0 Å². The average Bonchev–Trinajstić information content (AvgIpc) is 3.47. The lowest BCUT2D eigenvalue weighted by atomic mass is 9.96. The van der Waals surface area contributed by atoms with Gasteiger partial charge in [0.05, 0.1) is 16.6 Å². The topological polar surface area (TPSA) is 109 Å². The first-order chi connectivity index (χ1) is 14.3. The zero-order valence-corrected chi connectivity index (χ0v) is 17.1. The van der Waals surface area contributed by atoms with Crippen molar-refractivity contribution in [1.82, 2.24) is 9.24 Å². The molecule has 2 aliphatic rings. The molecule has 2 heterocycles. The molecule has 3 atom stereocenters. The zero-order chi connectivity index (χ0) is 21.7. The quantitative estimate of drug-likeness (QED) is 0.666. The second-order valence-corrected chi connectivity index (χ2v) is 8.32. The number of nitrogen functional groups attached to an aromatic ring is 1. The molecule has 4 rings (SSSR count). The number of halogens is 2. The van der Waals surface area contributed by atoms with Gasteiger partial charge in [-0.2, -0.15) is 4.68 Å². The lowest BCUT2D eigenvalue weighted by molar-refractivity contribution is 0.166. The fourth-order valence-corrected chi connectivity index (χ4v) is 4.56. The SMILES string of the molecule is COCC[C@@H](N)[C@H]1CN(c2c(F)cc3c(=O)n(N)c(=O)n(C4CC4)c3c2C)C[C@@H]1F. The Morgan fingerprint density at radius 3 is 2.63 bits per heavy atom. The van der Waals surface area contributed by atoms with Crippen molar-refractivity contribution in [1.29, 1.82) is 0 Å². The van der Waals surface area contributed by atoms with Gasteiger partial charge in [0, 0.05) is 50.4 Å². The van der Waals surface area contributed by atoms with Crippen LogP contribution in [0.2, 0.25) is 0 Å². The lowest BCUT2D eigenvalue weighted by Crippen LogP contribution is -2.44. The van der Waals surface area contributed by atoms with E-state index in [9.17, 15) is 14.0 Å². The summed E-state index contributed by atoms with van der Waals surface area (Å²) in [6.07, 6.45) is 0.860. The van der Waals surface area contributed by atoms with Gasteiger partial charge in [-0.3, -0.25) is 9.36 Å². The minimum absolute atomic E-state index is 0.00374. The summed E-state index contributed by atoms with van der Waals surface area (Å²) in [5, 5.41) is 0.0482. The molecule has 2 aromatic rings. The summed E-state index contributed by atoms with van der Waals surface area (Å²) in [4.78, 5) is 26.8. The summed E-state index contributed by atoms with van der Waals surface area (Å²) in [6, 6.07) is 0.616. The Balaban J connectivity index is 1.81. The minimum Gasteiger partial charge on any atom is -0.385 e. The molecule has 1 aromatic carbocycles. The van der Waals surface area contributed by atoms with Gasteiger partial charge in [-0.25, -0.2) is 13.6 Å². The number of aryl methyl sites for hydroxylation is 1. The molecule has 0 amide bonds. The summed E-state index contributed by atoms with van der Waals surface area (Å²) in [5.41, 5.74) is 5.78. The lowest BCUT2D eigenvalue weighted by Gasteiger charge is -2.25. The van der Waals surface area contributed by atoms with Crippen LogP contribution in [0.4, 0.5) is 14.5 Å². The van der Waals surface area contributed by atoms with Crippen molar-refractivity contribution in [2.75, 3.05) is 37.5 Å². The summed E-state index contributed by atoms with van der Waals surface area (Å²) in [6.45, 7) is 2.32. The number of ether oxygens (including phenoxy) is 1. The Bertz CT molecular complexity index is 1090. The van der Waals surface area contributed by atoms with E-state index in [4.69, 9.17) is 16.3 Å². The summed E-state index contributed by atoms with van der Waals surface area (Å²) < 4.78 is 37.0. The monoisotopic (exact) mass is 423 g/mol. The molecule has 4 N–H and O–H groups in total. The molecule has 1 aliphatic heterocycles. The Kier molecular flexibility index (Phi) is 5.31. The van der Waals surface area contributed by atoms with Gasteiger partial charge in [0.2, 0.25) is 0 Å². The average molecular weight is 423 g/mol. The van der Waals surface area contributed by atoms with E-state index < -0.39 is 35.2 Å². The van der Waals surface area contributed by atoms with Crippen LogP contribution in [0.1, 0.15) is 30.9 Å².